The first-order chi connectivity index (χ1) is 6.26. The molecule has 1 heteroatoms. The van der Waals surface area contributed by atoms with E-state index in [1.807, 2.05) is 0 Å². The Bertz CT molecular complexity index is 194. The van der Waals surface area contributed by atoms with Crippen LogP contribution in [-0.2, 0) is 4.74 Å². The summed E-state index contributed by atoms with van der Waals surface area (Å²) in [7, 11) is 3.25. The van der Waals surface area contributed by atoms with Crippen LogP contribution >= 0.6 is 0 Å². The molecule has 0 radical (unpaired) electrons. The van der Waals surface area contributed by atoms with E-state index in [1.165, 1.54) is 12.0 Å². The number of methoxy groups -OCH3 is 1. The quantitative estimate of drug-likeness (QED) is 0.677. The van der Waals surface area contributed by atoms with Crippen molar-refractivity contribution in [3.05, 3.63) is 35.9 Å². The standard InChI is InChI=1S/C10H14.C2H6O/c1-3-9(2)10-7-5-4-6-8-10;1-3-2/h4-9H,3H2,1-2H3;1-2H3. The van der Waals surface area contributed by atoms with Crippen molar-refractivity contribution in [2.45, 2.75) is 26.2 Å². The predicted octanol–water partition coefficient (Wildman–Crippen LogP) is 3.46. The van der Waals surface area contributed by atoms with Crippen molar-refractivity contribution in [3.63, 3.8) is 0 Å². The zero-order valence-corrected chi connectivity index (χ0v) is 9.08. The minimum Gasteiger partial charge on any atom is -0.388 e. The lowest BCUT2D eigenvalue weighted by Gasteiger charge is -2.06. The van der Waals surface area contributed by atoms with Crippen LogP contribution in [0.15, 0.2) is 30.3 Å². The fraction of sp³-hybridized carbons (Fsp3) is 0.500. The molecule has 0 fully saturated rings. The molecule has 0 aliphatic heterocycles. The van der Waals surface area contributed by atoms with E-state index in [4.69, 9.17) is 0 Å². The molecule has 13 heavy (non-hydrogen) atoms. The monoisotopic (exact) mass is 180 g/mol. The number of rotatable bonds is 2. The molecule has 1 aromatic carbocycles. The van der Waals surface area contributed by atoms with E-state index in [1.54, 1.807) is 14.2 Å². The van der Waals surface area contributed by atoms with Crippen molar-refractivity contribution in [2.75, 3.05) is 14.2 Å². The Hall–Kier alpha value is -0.820. The first-order valence-electron chi connectivity index (χ1n) is 4.71. The van der Waals surface area contributed by atoms with Crippen molar-refractivity contribution in [3.8, 4) is 0 Å². The molecule has 0 aromatic heterocycles. The van der Waals surface area contributed by atoms with Gasteiger partial charge in [0.1, 0.15) is 0 Å². The maximum absolute atomic E-state index is 4.25. The molecule has 74 valence electrons. The molecular weight excluding hydrogens is 160 g/mol. The molecule has 0 bridgehead atoms. The van der Waals surface area contributed by atoms with E-state index in [0.717, 1.165) is 0 Å². The topological polar surface area (TPSA) is 9.23 Å². The van der Waals surface area contributed by atoms with Gasteiger partial charge in [0.2, 0.25) is 0 Å². The van der Waals surface area contributed by atoms with Gasteiger partial charge in [-0.05, 0) is 17.9 Å². The van der Waals surface area contributed by atoms with Crippen LogP contribution in [0, 0.1) is 0 Å². The van der Waals surface area contributed by atoms with E-state index < -0.39 is 0 Å². The third-order valence-electron chi connectivity index (χ3n) is 1.98. The second kappa shape index (κ2) is 7.81. The third kappa shape index (κ3) is 5.42. The van der Waals surface area contributed by atoms with E-state index in [9.17, 15) is 0 Å². The van der Waals surface area contributed by atoms with Gasteiger partial charge in [-0.3, -0.25) is 0 Å². The summed E-state index contributed by atoms with van der Waals surface area (Å²) in [6, 6.07) is 10.6. The molecule has 0 aliphatic rings. The summed E-state index contributed by atoms with van der Waals surface area (Å²) in [5.74, 6) is 0.709. The van der Waals surface area contributed by atoms with Crippen LogP contribution in [0.2, 0.25) is 0 Å². The van der Waals surface area contributed by atoms with Gasteiger partial charge in [-0.1, -0.05) is 44.2 Å². The van der Waals surface area contributed by atoms with Gasteiger partial charge in [0.25, 0.3) is 0 Å². The first kappa shape index (κ1) is 12.2. The molecule has 0 aliphatic carbocycles. The fourth-order valence-corrected chi connectivity index (χ4v) is 1.02. The molecule has 1 unspecified atom stereocenters. The zero-order chi connectivity index (χ0) is 10.1. The van der Waals surface area contributed by atoms with Crippen molar-refractivity contribution in [1.29, 1.82) is 0 Å². The van der Waals surface area contributed by atoms with Crippen molar-refractivity contribution >= 4 is 0 Å². The number of hydrogen-bond acceptors (Lipinski definition) is 1. The van der Waals surface area contributed by atoms with Crippen molar-refractivity contribution < 1.29 is 4.74 Å². The Morgan fingerprint density at radius 3 is 2.00 bits per heavy atom. The Morgan fingerprint density at radius 2 is 1.62 bits per heavy atom. The number of hydrogen-bond donors (Lipinski definition) is 0. The van der Waals surface area contributed by atoms with Gasteiger partial charge >= 0.3 is 0 Å². The van der Waals surface area contributed by atoms with E-state index in [2.05, 4.69) is 48.9 Å². The molecular formula is C12H20O. The second-order valence-electron chi connectivity index (χ2n) is 3.13. The average Bonchev–Trinajstić information content (AvgIpc) is 2.19. The molecule has 0 heterocycles. The highest BCUT2D eigenvalue weighted by Gasteiger charge is 1.98. The van der Waals surface area contributed by atoms with Gasteiger partial charge in [0.15, 0.2) is 0 Å². The summed E-state index contributed by atoms with van der Waals surface area (Å²) >= 11 is 0. The summed E-state index contributed by atoms with van der Waals surface area (Å²) in [5.41, 5.74) is 1.45. The van der Waals surface area contributed by atoms with Gasteiger partial charge in [0, 0.05) is 14.2 Å². The Kier molecular flexibility index (Phi) is 7.32. The van der Waals surface area contributed by atoms with Gasteiger partial charge in [-0.25, -0.2) is 0 Å². The summed E-state index contributed by atoms with van der Waals surface area (Å²) in [5, 5.41) is 0. The first-order valence-corrected chi connectivity index (χ1v) is 4.71. The molecule has 1 nitrogen and oxygen atoms in total. The highest BCUT2D eigenvalue weighted by molar-refractivity contribution is 5.18. The van der Waals surface area contributed by atoms with Crippen LogP contribution < -0.4 is 0 Å². The van der Waals surface area contributed by atoms with Gasteiger partial charge < -0.3 is 4.74 Å². The molecule has 0 N–H and O–H groups in total. The molecule has 1 rings (SSSR count). The minimum absolute atomic E-state index is 0.709. The summed E-state index contributed by atoms with van der Waals surface area (Å²) in [4.78, 5) is 0. The fourth-order valence-electron chi connectivity index (χ4n) is 1.02. The number of benzene rings is 1. The van der Waals surface area contributed by atoms with Crippen LogP contribution in [-0.4, -0.2) is 14.2 Å². The zero-order valence-electron chi connectivity index (χ0n) is 9.08. The Morgan fingerprint density at radius 1 is 1.15 bits per heavy atom. The van der Waals surface area contributed by atoms with Crippen molar-refractivity contribution in [1.82, 2.24) is 0 Å². The largest absolute Gasteiger partial charge is 0.388 e. The van der Waals surface area contributed by atoms with Crippen LogP contribution in [0.25, 0.3) is 0 Å². The van der Waals surface area contributed by atoms with Crippen molar-refractivity contribution in [2.24, 2.45) is 0 Å². The average molecular weight is 180 g/mol. The minimum atomic E-state index is 0.709. The second-order valence-corrected chi connectivity index (χ2v) is 3.13. The van der Waals surface area contributed by atoms with Crippen LogP contribution in [0.5, 0.6) is 0 Å². The highest BCUT2D eigenvalue weighted by atomic mass is 16.4. The van der Waals surface area contributed by atoms with Crippen LogP contribution in [0.4, 0.5) is 0 Å². The van der Waals surface area contributed by atoms with E-state index in [-0.39, 0.29) is 0 Å². The molecule has 1 aromatic rings. The lowest BCUT2D eigenvalue weighted by atomic mass is 9.99. The van der Waals surface area contributed by atoms with Gasteiger partial charge in [0.05, 0.1) is 0 Å². The predicted molar refractivity (Wildman–Crippen MR) is 58.1 cm³/mol. The normalized spacial score (nSPS) is 11.4. The maximum atomic E-state index is 4.25. The molecule has 0 amide bonds. The van der Waals surface area contributed by atoms with Crippen LogP contribution in [0.3, 0.4) is 0 Å². The van der Waals surface area contributed by atoms with Gasteiger partial charge in [-0.15, -0.1) is 0 Å². The molecule has 0 saturated carbocycles. The smallest absolute Gasteiger partial charge is 0.0351 e. The summed E-state index contributed by atoms with van der Waals surface area (Å²) in [6.07, 6.45) is 1.23. The lowest BCUT2D eigenvalue weighted by Crippen LogP contribution is -1.88. The third-order valence-corrected chi connectivity index (χ3v) is 1.98. The van der Waals surface area contributed by atoms with E-state index >= 15 is 0 Å². The number of ether oxygens (including phenoxy) is 1. The molecule has 0 spiro atoms. The van der Waals surface area contributed by atoms with Gasteiger partial charge in [-0.2, -0.15) is 0 Å². The van der Waals surface area contributed by atoms with E-state index in [0.29, 0.717) is 5.92 Å². The Balaban J connectivity index is 0.000000424. The lowest BCUT2D eigenvalue weighted by molar-refractivity contribution is 0.277. The SMILES string of the molecule is CCC(C)c1ccccc1.COC. The highest BCUT2D eigenvalue weighted by Crippen LogP contribution is 2.16. The summed E-state index contributed by atoms with van der Waals surface area (Å²) in [6.45, 7) is 4.48. The Labute approximate surface area is 81.7 Å². The molecule has 1 atom stereocenters. The molecule has 0 saturated heterocycles. The van der Waals surface area contributed by atoms with Crippen LogP contribution in [0.1, 0.15) is 31.7 Å². The summed E-state index contributed by atoms with van der Waals surface area (Å²) < 4.78 is 4.25. The maximum Gasteiger partial charge on any atom is 0.0351 e.